The maximum absolute atomic E-state index is 11.4. The molecule has 0 bridgehead atoms. The van der Waals surface area contributed by atoms with Crippen molar-refractivity contribution < 1.29 is 14.6 Å². The van der Waals surface area contributed by atoms with Crippen LogP contribution in [0.5, 0.6) is 0 Å². The zero-order chi connectivity index (χ0) is 13.9. The third-order valence-electron chi connectivity index (χ3n) is 2.55. The number of aliphatic hydroxyl groups is 1. The second-order valence-electron chi connectivity index (χ2n) is 4.18. The van der Waals surface area contributed by atoms with Crippen molar-refractivity contribution in [2.75, 3.05) is 26.3 Å². The predicted molar refractivity (Wildman–Crippen MR) is 74.0 cm³/mol. The van der Waals surface area contributed by atoms with E-state index in [1.54, 1.807) is 0 Å². The minimum atomic E-state index is -0.583. The number of benzene rings is 1. The standard InChI is InChI=1S/C14H22N2O3/c1-2-19-9-8-15-14(18)16-11-13(17)10-12-6-4-3-5-7-12/h3-7,13,17H,2,8-11H2,1H3,(H2,15,16,18). The Morgan fingerprint density at radius 2 is 2.05 bits per heavy atom. The van der Waals surface area contributed by atoms with Gasteiger partial charge in [-0.2, -0.15) is 0 Å². The van der Waals surface area contributed by atoms with Crippen LogP contribution in [0.2, 0.25) is 0 Å². The Morgan fingerprint density at radius 3 is 2.74 bits per heavy atom. The van der Waals surface area contributed by atoms with Crippen molar-refractivity contribution in [1.29, 1.82) is 0 Å². The summed E-state index contributed by atoms with van der Waals surface area (Å²) < 4.78 is 5.10. The summed E-state index contributed by atoms with van der Waals surface area (Å²) in [5.74, 6) is 0. The second kappa shape index (κ2) is 9.35. The van der Waals surface area contributed by atoms with Crippen molar-refractivity contribution >= 4 is 6.03 Å². The van der Waals surface area contributed by atoms with E-state index < -0.39 is 6.10 Å². The first-order chi connectivity index (χ1) is 9.22. The molecular formula is C14H22N2O3. The minimum Gasteiger partial charge on any atom is -0.391 e. The molecule has 0 aromatic heterocycles. The number of rotatable bonds is 8. The maximum atomic E-state index is 11.4. The molecule has 3 N–H and O–H groups in total. The molecule has 2 amide bonds. The van der Waals surface area contributed by atoms with Crippen LogP contribution in [0.3, 0.4) is 0 Å². The average Bonchev–Trinajstić information content (AvgIpc) is 2.42. The first-order valence-corrected chi connectivity index (χ1v) is 6.53. The maximum Gasteiger partial charge on any atom is 0.314 e. The fraction of sp³-hybridized carbons (Fsp3) is 0.500. The van der Waals surface area contributed by atoms with Gasteiger partial charge in [0.05, 0.1) is 12.7 Å². The van der Waals surface area contributed by atoms with E-state index in [0.29, 0.717) is 26.2 Å². The van der Waals surface area contributed by atoms with Crippen LogP contribution >= 0.6 is 0 Å². The predicted octanol–water partition coefficient (Wildman–Crippen LogP) is 0.926. The van der Waals surface area contributed by atoms with Crippen LogP contribution in [0.15, 0.2) is 30.3 Å². The van der Waals surface area contributed by atoms with E-state index in [-0.39, 0.29) is 12.6 Å². The van der Waals surface area contributed by atoms with E-state index in [1.807, 2.05) is 37.3 Å². The van der Waals surface area contributed by atoms with Crippen LogP contribution in [0.4, 0.5) is 4.79 Å². The Balaban J connectivity index is 2.12. The number of hydrogen-bond acceptors (Lipinski definition) is 3. The highest BCUT2D eigenvalue weighted by atomic mass is 16.5. The number of urea groups is 1. The lowest BCUT2D eigenvalue weighted by Crippen LogP contribution is -2.41. The third-order valence-corrected chi connectivity index (χ3v) is 2.55. The summed E-state index contributed by atoms with van der Waals surface area (Å²) in [7, 11) is 0. The zero-order valence-electron chi connectivity index (χ0n) is 11.3. The largest absolute Gasteiger partial charge is 0.391 e. The molecule has 0 heterocycles. The third kappa shape index (κ3) is 7.43. The van der Waals surface area contributed by atoms with Gasteiger partial charge in [0.15, 0.2) is 0 Å². The number of ether oxygens (including phenoxy) is 1. The number of hydrogen-bond donors (Lipinski definition) is 3. The highest BCUT2D eigenvalue weighted by Crippen LogP contribution is 2.02. The molecule has 5 heteroatoms. The number of carbonyl (C=O) groups excluding carboxylic acids is 1. The van der Waals surface area contributed by atoms with Crippen LogP contribution in [-0.4, -0.2) is 43.5 Å². The lowest BCUT2D eigenvalue weighted by atomic mass is 10.1. The molecule has 0 aliphatic carbocycles. The summed E-state index contributed by atoms with van der Waals surface area (Å²) in [4.78, 5) is 11.4. The summed E-state index contributed by atoms with van der Waals surface area (Å²) in [6.07, 6.45) is -0.0555. The number of nitrogens with one attached hydrogen (secondary N) is 2. The first-order valence-electron chi connectivity index (χ1n) is 6.53. The van der Waals surface area contributed by atoms with Gasteiger partial charge in [0.1, 0.15) is 0 Å². The number of aliphatic hydroxyl groups excluding tert-OH is 1. The lowest BCUT2D eigenvalue weighted by molar-refractivity contribution is 0.148. The van der Waals surface area contributed by atoms with Crippen molar-refractivity contribution in [3.63, 3.8) is 0 Å². The molecule has 1 unspecified atom stereocenters. The molecule has 1 aromatic rings. The van der Waals surface area contributed by atoms with E-state index in [2.05, 4.69) is 10.6 Å². The van der Waals surface area contributed by atoms with E-state index >= 15 is 0 Å². The highest BCUT2D eigenvalue weighted by Gasteiger charge is 2.07. The molecule has 0 saturated carbocycles. The lowest BCUT2D eigenvalue weighted by Gasteiger charge is -2.12. The van der Waals surface area contributed by atoms with Crippen molar-refractivity contribution in [1.82, 2.24) is 10.6 Å². The molecule has 0 aliphatic heterocycles. The van der Waals surface area contributed by atoms with Crippen LogP contribution in [0.1, 0.15) is 12.5 Å². The molecule has 0 fully saturated rings. The molecule has 19 heavy (non-hydrogen) atoms. The number of carbonyl (C=O) groups is 1. The van der Waals surface area contributed by atoms with Crippen LogP contribution in [-0.2, 0) is 11.2 Å². The normalized spacial score (nSPS) is 11.9. The summed E-state index contributed by atoms with van der Waals surface area (Å²) >= 11 is 0. The Morgan fingerprint density at radius 1 is 1.32 bits per heavy atom. The molecule has 0 saturated heterocycles. The fourth-order valence-corrected chi connectivity index (χ4v) is 1.61. The van der Waals surface area contributed by atoms with Crippen molar-refractivity contribution in [2.24, 2.45) is 0 Å². The van der Waals surface area contributed by atoms with Crippen LogP contribution in [0, 0.1) is 0 Å². The van der Waals surface area contributed by atoms with Gasteiger partial charge in [0.2, 0.25) is 0 Å². The van der Waals surface area contributed by atoms with Gasteiger partial charge in [-0.15, -0.1) is 0 Å². The second-order valence-corrected chi connectivity index (χ2v) is 4.18. The van der Waals surface area contributed by atoms with Gasteiger partial charge in [-0.1, -0.05) is 30.3 Å². The SMILES string of the molecule is CCOCCNC(=O)NCC(O)Cc1ccccc1. The molecule has 0 radical (unpaired) electrons. The van der Waals surface area contributed by atoms with Gasteiger partial charge in [-0.3, -0.25) is 0 Å². The van der Waals surface area contributed by atoms with Gasteiger partial charge < -0.3 is 20.5 Å². The molecular weight excluding hydrogens is 244 g/mol. The molecule has 1 rings (SSSR count). The summed E-state index contributed by atoms with van der Waals surface area (Å²) in [6, 6.07) is 9.40. The summed E-state index contributed by atoms with van der Waals surface area (Å²) in [6.45, 7) is 3.74. The van der Waals surface area contributed by atoms with Crippen molar-refractivity contribution in [3.05, 3.63) is 35.9 Å². The Bertz CT molecular complexity index is 357. The average molecular weight is 266 g/mol. The quantitative estimate of drug-likeness (QED) is 0.613. The van der Waals surface area contributed by atoms with Crippen LogP contribution in [0.25, 0.3) is 0 Å². The smallest absolute Gasteiger partial charge is 0.314 e. The van der Waals surface area contributed by atoms with Gasteiger partial charge in [-0.05, 0) is 12.5 Å². The van der Waals surface area contributed by atoms with Gasteiger partial charge in [-0.25, -0.2) is 4.79 Å². The molecule has 106 valence electrons. The van der Waals surface area contributed by atoms with Crippen molar-refractivity contribution in [3.8, 4) is 0 Å². The molecule has 5 nitrogen and oxygen atoms in total. The van der Waals surface area contributed by atoms with E-state index in [0.717, 1.165) is 5.56 Å². The van der Waals surface area contributed by atoms with Gasteiger partial charge in [0, 0.05) is 26.1 Å². The fourth-order valence-electron chi connectivity index (χ4n) is 1.61. The molecule has 1 aromatic carbocycles. The Kier molecular flexibility index (Phi) is 7.62. The summed E-state index contributed by atoms with van der Waals surface area (Å²) in [5, 5.41) is 15.1. The van der Waals surface area contributed by atoms with Gasteiger partial charge in [0.25, 0.3) is 0 Å². The van der Waals surface area contributed by atoms with Crippen LogP contribution < -0.4 is 10.6 Å². The minimum absolute atomic E-state index is 0.232. The molecule has 1 atom stereocenters. The van der Waals surface area contributed by atoms with E-state index in [4.69, 9.17) is 4.74 Å². The Hall–Kier alpha value is -1.59. The van der Waals surface area contributed by atoms with E-state index in [9.17, 15) is 9.90 Å². The molecule has 0 aliphatic rings. The van der Waals surface area contributed by atoms with Crippen molar-refractivity contribution in [2.45, 2.75) is 19.4 Å². The van der Waals surface area contributed by atoms with Gasteiger partial charge >= 0.3 is 6.03 Å². The highest BCUT2D eigenvalue weighted by molar-refractivity contribution is 5.73. The monoisotopic (exact) mass is 266 g/mol. The zero-order valence-corrected chi connectivity index (χ0v) is 11.3. The number of amides is 2. The van der Waals surface area contributed by atoms with E-state index in [1.165, 1.54) is 0 Å². The summed E-state index contributed by atoms with van der Waals surface area (Å²) in [5.41, 5.74) is 1.05. The molecule has 0 spiro atoms. The first kappa shape index (κ1) is 15.5. The topological polar surface area (TPSA) is 70.6 Å². The Labute approximate surface area is 114 Å².